The largest absolute Gasteiger partial charge is 0.338 e. The van der Waals surface area contributed by atoms with E-state index >= 15 is 0 Å². The Kier molecular flexibility index (Phi) is 6.51. The number of nitrogens with zero attached hydrogens (tertiary/aromatic N) is 3. The lowest BCUT2D eigenvalue weighted by atomic mass is 9.78. The van der Waals surface area contributed by atoms with Crippen LogP contribution < -0.4 is 0 Å². The van der Waals surface area contributed by atoms with Gasteiger partial charge in [0.2, 0.25) is 15.9 Å². The summed E-state index contributed by atoms with van der Waals surface area (Å²) in [5.74, 6) is 0.924. The summed E-state index contributed by atoms with van der Waals surface area (Å²) < 4.78 is 27.8. The van der Waals surface area contributed by atoms with Crippen LogP contribution in [-0.4, -0.2) is 73.7 Å². The van der Waals surface area contributed by atoms with E-state index in [1.54, 1.807) is 10.4 Å². The number of sulfonamides is 1. The molecule has 4 rings (SSSR count). The third kappa shape index (κ3) is 4.43. The lowest BCUT2D eigenvalue weighted by molar-refractivity contribution is -0.139. The Hall–Kier alpha value is -1.44. The lowest BCUT2D eigenvalue weighted by Crippen LogP contribution is -2.55. The van der Waals surface area contributed by atoms with Gasteiger partial charge < -0.3 is 4.90 Å². The fraction of sp³-hybridized carbons (Fsp3) is 0.696. The molecule has 166 valence electrons. The molecule has 2 heterocycles. The summed E-state index contributed by atoms with van der Waals surface area (Å²) in [6.07, 6.45) is 7.35. The van der Waals surface area contributed by atoms with Crippen molar-refractivity contribution in [3.8, 4) is 0 Å². The van der Waals surface area contributed by atoms with E-state index in [4.69, 9.17) is 0 Å². The maximum absolute atomic E-state index is 13.1. The number of piperidine rings is 1. The number of hydrogen-bond donors (Lipinski definition) is 0. The van der Waals surface area contributed by atoms with Crippen LogP contribution in [0.2, 0.25) is 0 Å². The molecule has 1 saturated carbocycles. The van der Waals surface area contributed by atoms with Crippen molar-refractivity contribution in [2.24, 2.45) is 5.92 Å². The molecule has 0 spiro atoms. The predicted octanol–water partition coefficient (Wildman–Crippen LogP) is 2.79. The van der Waals surface area contributed by atoms with Crippen LogP contribution >= 0.6 is 0 Å². The molecule has 7 heteroatoms. The minimum absolute atomic E-state index is 0.234. The van der Waals surface area contributed by atoms with Crippen molar-refractivity contribution in [1.82, 2.24) is 14.1 Å². The van der Waals surface area contributed by atoms with E-state index in [1.807, 2.05) is 26.0 Å². The van der Waals surface area contributed by atoms with Gasteiger partial charge in [0.15, 0.2) is 0 Å². The van der Waals surface area contributed by atoms with Gasteiger partial charge in [-0.1, -0.05) is 25.0 Å². The highest BCUT2D eigenvalue weighted by Gasteiger charge is 2.37. The zero-order chi connectivity index (χ0) is 21.3. The van der Waals surface area contributed by atoms with Crippen LogP contribution in [0.25, 0.3) is 0 Å². The second-order valence-corrected chi connectivity index (χ2v) is 11.2. The monoisotopic (exact) mass is 433 g/mol. The first kappa shape index (κ1) is 21.8. The van der Waals surface area contributed by atoms with Crippen molar-refractivity contribution in [2.75, 3.05) is 39.3 Å². The van der Waals surface area contributed by atoms with E-state index in [1.165, 1.54) is 25.7 Å². The van der Waals surface area contributed by atoms with Crippen LogP contribution in [0.5, 0.6) is 0 Å². The van der Waals surface area contributed by atoms with Gasteiger partial charge in [0, 0.05) is 38.8 Å². The first-order chi connectivity index (χ1) is 14.4. The van der Waals surface area contributed by atoms with E-state index < -0.39 is 10.0 Å². The second-order valence-electron chi connectivity index (χ2n) is 9.29. The van der Waals surface area contributed by atoms with E-state index in [2.05, 4.69) is 9.80 Å². The van der Waals surface area contributed by atoms with Crippen LogP contribution in [0.3, 0.4) is 0 Å². The van der Waals surface area contributed by atoms with Gasteiger partial charge in [-0.25, -0.2) is 8.42 Å². The molecule has 1 aromatic carbocycles. The average molecular weight is 434 g/mol. The Morgan fingerprint density at radius 3 is 2.43 bits per heavy atom. The molecule has 0 bridgehead atoms. The highest BCUT2D eigenvalue weighted by molar-refractivity contribution is 7.89. The predicted molar refractivity (Wildman–Crippen MR) is 118 cm³/mol. The Balaban J connectivity index is 1.35. The minimum atomic E-state index is -3.49. The average Bonchev–Trinajstić information content (AvgIpc) is 2.75. The van der Waals surface area contributed by atoms with Crippen molar-refractivity contribution < 1.29 is 13.2 Å². The van der Waals surface area contributed by atoms with Crippen molar-refractivity contribution in [2.45, 2.75) is 63.3 Å². The number of piperazine rings is 1. The Morgan fingerprint density at radius 1 is 0.967 bits per heavy atom. The number of carbonyl (C=O) groups excluding carboxylic acids is 1. The van der Waals surface area contributed by atoms with Gasteiger partial charge in [0.05, 0.1) is 11.4 Å². The summed E-state index contributed by atoms with van der Waals surface area (Å²) in [6, 6.07) is 6.01. The van der Waals surface area contributed by atoms with Crippen molar-refractivity contribution in [1.29, 1.82) is 0 Å². The lowest BCUT2D eigenvalue weighted by Gasteiger charge is -2.45. The molecule has 2 saturated heterocycles. The van der Waals surface area contributed by atoms with Gasteiger partial charge in [0.1, 0.15) is 0 Å². The number of hydrogen-bond acceptors (Lipinski definition) is 4. The number of benzene rings is 1. The summed E-state index contributed by atoms with van der Waals surface area (Å²) in [5, 5.41) is 0. The number of rotatable bonds is 4. The van der Waals surface area contributed by atoms with Gasteiger partial charge in [-0.05, 0) is 62.6 Å². The molecule has 6 nitrogen and oxygen atoms in total. The molecule has 2 aliphatic heterocycles. The summed E-state index contributed by atoms with van der Waals surface area (Å²) >= 11 is 0. The molecule has 3 fully saturated rings. The van der Waals surface area contributed by atoms with E-state index in [0.29, 0.717) is 49.6 Å². The molecule has 1 amide bonds. The van der Waals surface area contributed by atoms with Gasteiger partial charge in [-0.15, -0.1) is 0 Å². The molecular formula is C23H35N3O3S. The van der Waals surface area contributed by atoms with Crippen LogP contribution in [-0.2, 0) is 14.8 Å². The topological polar surface area (TPSA) is 60.9 Å². The van der Waals surface area contributed by atoms with Crippen molar-refractivity contribution in [3.05, 3.63) is 29.3 Å². The molecule has 3 aliphatic rings. The molecule has 30 heavy (non-hydrogen) atoms. The normalized spacial score (nSPS) is 26.4. The quantitative estimate of drug-likeness (QED) is 0.733. The first-order valence-electron chi connectivity index (χ1n) is 11.5. The van der Waals surface area contributed by atoms with E-state index in [-0.39, 0.29) is 5.91 Å². The molecule has 2 atom stereocenters. The van der Waals surface area contributed by atoms with Crippen molar-refractivity contribution in [3.63, 3.8) is 0 Å². The number of likely N-dealkylation sites (tertiary alicyclic amines) is 1. The summed E-state index contributed by atoms with van der Waals surface area (Å²) in [6.45, 7) is 7.17. The zero-order valence-electron chi connectivity index (χ0n) is 18.3. The second kappa shape index (κ2) is 8.97. The van der Waals surface area contributed by atoms with Gasteiger partial charge in [-0.3, -0.25) is 9.69 Å². The highest BCUT2D eigenvalue weighted by Crippen LogP contribution is 2.35. The Morgan fingerprint density at radius 2 is 1.67 bits per heavy atom. The smallest absolute Gasteiger partial charge is 0.243 e. The molecule has 0 radical (unpaired) electrons. The summed E-state index contributed by atoms with van der Waals surface area (Å²) in [7, 11) is -3.49. The third-order valence-electron chi connectivity index (χ3n) is 7.22. The maximum Gasteiger partial charge on any atom is 0.243 e. The van der Waals surface area contributed by atoms with Gasteiger partial charge in [-0.2, -0.15) is 4.31 Å². The van der Waals surface area contributed by atoms with Gasteiger partial charge in [0.25, 0.3) is 0 Å². The van der Waals surface area contributed by atoms with Crippen LogP contribution in [0.4, 0.5) is 0 Å². The standard InChI is InChI=1S/C23H35N3O3S/c1-18-9-10-19(2)22(16-18)30(28,29)25-14-12-24(13-15-25)17-23(27)26-11-5-7-20-6-3-4-8-21(20)26/h9-10,16,20-21H,3-8,11-15,17H2,1-2H3/t20-,21+/m1/s1. The fourth-order valence-corrected chi connectivity index (χ4v) is 7.20. The molecule has 1 aromatic rings. The van der Waals surface area contributed by atoms with Crippen LogP contribution in [0.1, 0.15) is 49.7 Å². The molecule has 0 unspecified atom stereocenters. The molecule has 0 N–H and O–H groups in total. The number of carbonyl (C=O) groups is 1. The number of aryl methyl sites for hydroxylation is 2. The minimum Gasteiger partial charge on any atom is -0.338 e. The third-order valence-corrected chi connectivity index (χ3v) is 9.26. The Bertz CT molecular complexity index is 876. The maximum atomic E-state index is 13.1. The summed E-state index contributed by atoms with van der Waals surface area (Å²) in [5.41, 5.74) is 1.73. The highest BCUT2D eigenvalue weighted by atomic mass is 32.2. The Labute approximate surface area is 181 Å². The number of amides is 1. The zero-order valence-corrected chi connectivity index (χ0v) is 19.2. The van der Waals surface area contributed by atoms with Crippen LogP contribution in [0, 0.1) is 19.8 Å². The molecule has 1 aliphatic carbocycles. The SMILES string of the molecule is Cc1ccc(C)c(S(=O)(=O)N2CCN(CC(=O)N3CCC[C@H]4CCCC[C@@H]43)CC2)c1. The first-order valence-corrected chi connectivity index (χ1v) is 12.9. The molecule has 0 aromatic heterocycles. The fourth-order valence-electron chi connectivity index (χ4n) is 5.47. The van der Waals surface area contributed by atoms with Crippen LogP contribution in [0.15, 0.2) is 23.1 Å². The van der Waals surface area contributed by atoms with Crippen molar-refractivity contribution >= 4 is 15.9 Å². The number of fused-ring (bicyclic) bond motifs is 1. The molecular weight excluding hydrogens is 398 g/mol. The van der Waals surface area contributed by atoms with Gasteiger partial charge >= 0.3 is 0 Å². The van der Waals surface area contributed by atoms with E-state index in [9.17, 15) is 13.2 Å². The van der Waals surface area contributed by atoms with E-state index in [0.717, 1.165) is 30.5 Å². The summed E-state index contributed by atoms with van der Waals surface area (Å²) in [4.78, 5) is 17.7.